The molecule has 4 amide bonds. The van der Waals surface area contributed by atoms with Crippen LogP contribution in [0.15, 0.2) is 72.8 Å². The number of nitrogens with one attached hydrogen (secondary N) is 2. The molecule has 1 saturated carbocycles. The molecule has 1 heterocycles. The molecule has 3 aromatic rings. The smallest absolute Gasteiger partial charge is 0.317 e. The highest BCUT2D eigenvalue weighted by Crippen LogP contribution is 2.28. The van der Waals surface area contributed by atoms with Crippen molar-refractivity contribution in [2.24, 2.45) is 0 Å². The van der Waals surface area contributed by atoms with E-state index in [9.17, 15) is 18.8 Å². The van der Waals surface area contributed by atoms with E-state index in [2.05, 4.69) is 15.5 Å². The molecule has 9 heteroatoms. The SMILES string of the molecule is CN(Cc1ccccc1)C(=O)c1cc(NC(=O)c2ccc(F)cc2)ccc1N1CCN(C(=O)NC2CCCCC2)CC1. The van der Waals surface area contributed by atoms with Crippen LogP contribution in [0.3, 0.4) is 0 Å². The number of carbonyl (C=O) groups is 3. The van der Waals surface area contributed by atoms with Gasteiger partial charge in [-0.2, -0.15) is 0 Å². The number of rotatable bonds is 7. The van der Waals surface area contributed by atoms with E-state index in [1.165, 1.54) is 30.7 Å². The van der Waals surface area contributed by atoms with E-state index in [0.717, 1.165) is 36.9 Å². The number of hydrogen-bond acceptors (Lipinski definition) is 4. The lowest BCUT2D eigenvalue weighted by Gasteiger charge is -2.38. The molecule has 0 unspecified atom stereocenters. The van der Waals surface area contributed by atoms with Crippen molar-refractivity contribution in [2.45, 2.75) is 44.7 Å². The number of urea groups is 1. The topological polar surface area (TPSA) is 85.0 Å². The number of anilines is 2. The lowest BCUT2D eigenvalue weighted by Crippen LogP contribution is -2.54. The van der Waals surface area contributed by atoms with Crippen LogP contribution in [0.4, 0.5) is 20.6 Å². The Morgan fingerprint density at radius 2 is 1.57 bits per heavy atom. The molecule has 0 bridgehead atoms. The summed E-state index contributed by atoms with van der Waals surface area (Å²) in [6.07, 6.45) is 5.64. The molecule has 220 valence electrons. The van der Waals surface area contributed by atoms with E-state index in [1.54, 1.807) is 24.1 Å². The average Bonchev–Trinajstić information content (AvgIpc) is 3.02. The van der Waals surface area contributed by atoms with Crippen molar-refractivity contribution in [1.82, 2.24) is 15.1 Å². The van der Waals surface area contributed by atoms with Gasteiger partial charge in [-0.05, 0) is 60.9 Å². The molecular weight excluding hydrogens is 533 g/mol. The van der Waals surface area contributed by atoms with E-state index < -0.39 is 11.7 Å². The van der Waals surface area contributed by atoms with Crippen LogP contribution in [-0.2, 0) is 6.54 Å². The van der Waals surface area contributed by atoms with E-state index in [0.29, 0.717) is 49.5 Å². The molecule has 0 spiro atoms. The molecule has 2 fully saturated rings. The van der Waals surface area contributed by atoms with Crippen LogP contribution in [0.5, 0.6) is 0 Å². The van der Waals surface area contributed by atoms with Crippen LogP contribution in [0.2, 0.25) is 0 Å². The molecular formula is C33H38FN5O3. The van der Waals surface area contributed by atoms with Crippen molar-refractivity contribution >= 4 is 29.2 Å². The van der Waals surface area contributed by atoms with E-state index >= 15 is 0 Å². The molecule has 8 nitrogen and oxygen atoms in total. The summed E-state index contributed by atoms with van der Waals surface area (Å²) in [5.74, 6) is -0.989. The van der Waals surface area contributed by atoms with Crippen molar-refractivity contribution in [3.05, 3.63) is 95.3 Å². The second kappa shape index (κ2) is 13.5. The van der Waals surface area contributed by atoms with Crippen LogP contribution in [0, 0.1) is 5.82 Å². The molecule has 0 atom stereocenters. The Kier molecular flexibility index (Phi) is 9.36. The third-order valence-corrected chi connectivity index (χ3v) is 8.04. The Balaban J connectivity index is 1.32. The zero-order valence-corrected chi connectivity index (χ0v) is 24.0. The number of benzene rings is 3. The van der Waals surface area contributed by atoms with Crippen LogP contribution >= 0.6 is 0 Å². The summed E-state index contributed by atoms with van der Waals surface area (Å²) in [5.41, 5.74) is 3.01. The van der Waals surface area contributed by atoms with Gasteiger partial charge < -0.3 is 25.3 Å². The first-order valence-corrected chi connectivity index (χ1v) is 14.7. The van der Waals surface area contributed by atoms with E-state index in [1.807, 2.05) is 41.3 Å². The number of nitrogens with zero attached hydrogens (tertiary/aromatic N) is 3. The lowest BCUT2D eigenvalue weighted by molar-refractivity contribution is 0.0785. The van der Waals surface area contributed by atoms with Crippen LogP contribution < -0.4 is 15.5 Å². The highest BCUT2D eigenvalue weighted by molar-refractivity contribution is 6.06. The summed E-state index contributed by atoms with van der Waals surface area (Å²) in [6.45, 7) is 2.70. The van der Waals surface area contributed by atoms with Crippen molar-refractivity contribution in [3.63, 3.8) is 0 Å². The first-order chi connectivity index (χ1) is 20.4. The summed E-state index contributed by atoms with van der Waals surface area (Å²) in [5, 5.41) is 6.04. The van der Waals surface area contributed by atoms with Gasteiger partial charge in [0.25, 0.3) is 11.8 Å². The Bertz CT molecular complexity index is 1380. The maximum absolute atomic E-state index is 13.8. The molecule has 1 saturated heterocycles. The van der Waals surface area contributed by atoms with Gasteiger partial charge in [0.1, 0.15) is 5.82 Å². The summed E-state index contributed by atoms with van der Waals surface area (Å²) in [7, 11) is 1.76. The van der Waals surface area contributed by atoms with Gasteiger partial charge >= 0.3 is 6.03 Å². The largest absolute Gasteiger partial charge is 0.367 e. The van der Waals surface area contributed by atoms with E-state index in [4.69, 9.17) is 0 Å². The van der Waals surface area contributed by atoms with Crippen molar-refractivity contribution in [1.29, 1.82) is 0 Å². The van der Waals surface area contributed by atoms with Crippen molar-refractivity contribution < 1.29 is 18.8 Å². The van der Waals surface area contributed by atoms with E-state index in [-0.39, 0.29) is 18.0 Å². The Morgan fingerprint density at radius 3 is 2.26 bits per heavy atom. The molecule has 0 radical (unpaired) electrons. The van der Waals surface area contributed by atoms with Gasteiger partial charge in [-0.1, -0.05) is 49.6 Å². The fraction of sp³-hybridized carbons (Fsp3) is 0.364. The molecule has 1 aliphatic heterocycles. The third kappa shape index (κ3) is 7.26. The van der Waals surface area contributed by atoms with Gasteiger partial charge in [-0.15, -0.1) is 0 Å². The van der Waals surface area contributed by atoms with Crippen molar-refractivity contribution in [2.75, 3.05) is 43.4 Å². The van der Waals surface area contributed by atoms with Gasteiger partial charge in [0.2, 0.25) is 0 Å². The Hall–Kier alpha value is -4.40. The number of carbonyl (C=O) groups excluding carboxylic acids is 3. The summed E-state index contributed by atoms with van der Waals surface area (Å²) >= 11 is 0. The average molecular weight is 572 g/mol. The second-order valence-electron chi connectivity index (χ2n) is 11.1. The Morgan fingerprint density at radius 1 is 0.881 bits per heavy atom. The highest BCUT2D eigenvalue weighted by atomic mass is 19.1. The first-order valence-electron chi connectivity index (χ1n) is 14.7. The molecule has 2 aliphatic rings. The third-order valence-electron chi connectivity index (χ3n) is 8.04. The van der Waals surface area contributed by atoms with Gasteiger partial charge in [0.15, 0.2) is 0 Å². The maximum atomic E-state index is 13.8. The molecule has 5 rings (SSSR count). The predicted molar refractivity (Wildman–Crippen MR) is 162 cm³/mol. The monoisotopic (exact) mass is 571 g/mol. The molecule has 1 aliphatic carbocycles. The van der Waals surface area contributed by atoms with Crippen LogP contribution in [0.1, 0.15) is 58.4 Å². The Labute approximate surface area is 246 Å². The molecule has 0 aromatic heterocycles. The maximum Gasteiger partial charge on any atom is 0.317 e. The van der Waals surface area contributed by atoms with Crippen LogP contribution in [0.25, 0.3) is 0 Å². The predicted octanol–water partition coefficient (Wildman–Crippen LogP) is 5.51. The van der Waals surface area contributed by atoms with Gasteiger partial charge in [0.05, 0.1) is 5.56 Å². The van der Waals surface area contributed by atoms with Gasteiger partial charge in [0, 0.05) is 62.8 Å². The fourth-order valence-electron chi connectivity index (χ4n) is 5.66. The molecule has 2 N–H and O–H groups in total. The summed E-state index contributed by atoms with van der Waals surface area (Å²) in [6, 6.07) is 20.6. The number of hydrogen-bond donors (Lipinski definition) is 2. The zero-order chi connectivity index (χ0) is 29.5. The minimum atomic E-state index is -0.420. The fourth-order valence-corrected chi connectivity index (χ4v) is 5.66. The minimum absolute atomic E-state index is 0.0145. The van der Waals surface area contributed by atoms with Crippen LogP contribution in [-0.4, -0.2) is 66.9 Å². The van der Waals surface area contributed by atoms with Gasteiger partial charge in [-0.25, -0.2) is 9.18 Å². The normalized spacial score (nSPS) is 15.7. The number of halogens is 1. The first kappa shape index (κ1) is 29.1. The minimum Gasteiger partial charge on any atom is -0.367 e. The quantitative estimate of drug-likeness (QED) is 0.392. The highest BCUT2D eigenvalue weighted by Gasteiger charge is 2.27. The number of piperazine rings is 1. The van der Waals surface area contributed by atoms with Gasteiger partial charge in [-0.3, -0.25) is 9.59 Å². The summed E-state index contributed by atoms with van der Waals surface area (Å²) < 4.78 is 13.3. The lowest BCUT2D eigenvalue weighted by atomic mass is 9.96. The molecule has 3 aromatic carbocycles. The zero-order valence-electron chi connectivity index (χ0n) is 24.0. The number of amides is 4. The summed E-state index contributed by atoms with van der Waals surface area (Å²) in [4.78, 5) is 45.2. The second-order valence-corrected chi connectivity index (χ2v) is 11.1. The molecule has 42 heavy (non-hydrogen) atoms. The standard InChI is InChI=1S/C33H38FN5O3/c1-37(23-24-8-4-2-5-9-24)32(41)29-22-28(35-31(40)25-12-14-26(34)15-13-25)16-17-30(29)38-18-20-39(21-19-38)33(42)36-27-10-6-3-7-11-27/h2,4-5,8-9,12-17,22,27H,3,6-7,10-11,18-21,23H2,1H3,(H,35,40)(H,36,42). The van der Waals surface area contributed by atoms with Crippen molar-refractivity contribution in [3.8, 4) is 0 Å².